The predicted octanol–water partition coefficient (Wildman–Crippen LogP) is 0.674. The smallest absolute Gasteiger partial charge is 0.220 e. The van der Waals surface area contributed by atoms with Gasteiger partial charge in [-0.15, -0.1) is 0 Å². The van der Waals surface area contributed by atoms with Gasteiger partial charge >= 0.3 is 0 Å². The number of amidine groups is 1. The first-order chi connectivity index (χ1) is 6.45. The van der Waals surface area contributed by atoms with Crippen molar-refractivity contribution in [2.45, 2.75) is 39.7 Å². The highest BCUT2D eigenvalue weighted by Gasteiger charge is 2.10. The van der Waals surface area contributed by atoms with Gasteiger partial charge in [0.15, 0.2) is 0 Å². The number of carbonyl (C=O) groups is 1. The number of hydrogen-bond donors (Lipinski definition) is 3. The number of nitrogens with zero attached hydrogens (tertiary/aromatic N) is 1. The highest BCUT2D eigenvalue weighted by Crippen LogP contribution is 2.00. The van der Waals surface area contributed by atoms with Crippen molar-refractivity contribution in [3.05, 3.63) is 0 Å². The van der Waals surface area contributed by atoms with Crippen molar-refractivity contribution in [2.75, 3.05) is 0 Å². The number of rotatable bonds is 5. The van der Waals surface area contributed by atoms with E-state index in [0.717, 1.165) is 0 Å². The molecule has 5 nitrogen and oxygen atoms in total. The van der Waals surface area contributed by atoms with Gasteiger partial charge in [0.05, 0.1) is 0 Å². The highest BCUT2D eigenvalue weighted by atomic mass is 16.4. The van der Waals surface area contributed by atoms with E-state index in [9.17, 15) is 4.79 Å². The molecule has 0 aromatic carbocycles. The van der Waals surface area contributed by atoms with Crippen LogP contribution in [0.1, 0.15) is 33.6 Å². The average molecular weight is 201 g/mol. The summed E-state index contributed by atoms with van der Waals surface area (Å²) in [6, 6.07) is -0.0999. The molecule has 5 heteroatoms. The summed E-state index contributed by atoms with van der Waals surface area (Å²) in [5, 5.41) is 13.9. The number of carbonyl (C=O) groups excluding carboxylic acids is 1. The minimum absolute atomic E-state index is 0.00163. The Hall–Kier alpha value is -1.26. The molecule has 0 aliphatic carbocycles. The molecular weight excluding hydrogens is 182 g/mol. The first-order valence-corrected chi connectivity index (χ1v) is 4.71. The monoisotopic (exact) mass is 201 g/mol. The lowest BCUT2D eigenvalue weighted by molar-refractivity contribution is -0.122. The third-order valence-electron chi connectivity index (χ3n) is 1.64. The van der Waals surface area contributed by atoms with E-state index in [-0.39, 0.29) is 17.8 Å². The van der Waals surface area contributed by atoms with E-state index in [4.69, 9.17) is 10.9 Å². The molecule has 82 valence electrons. The predicted molar refractivity (Wildman–Crippen MR) is 55.1 cm³/mol. The van der Waals surface area contributed by atoms with Crippen LogP contribution in [0.2, 0.25) is 0 Å². The molecule has 1 atom stereocenters. The largest absolute Gasteiger partial charge is 0.409 e. The fourth-order valence-corrected chi connectivity index (χ4v) is 1.11. The van der Waals surface area contributed by atoms with Gasteiger partial charge in [0, 0.05) is 18.9 Å². The summed E-state index contributed by atoms with van der Waals surface area (Å²) in [5.41, 5.74) is 5.30. The molecule has 0 fully saturated rings. The van der Waals surface area contributed by atoms with Crippen molar-refractivity contribution in [2.24, 2.45) is 16.8 Å². The van der Waals surface area contributed by atoms with Crippen LogP contribution in [0.15, 0.2) is 5.16 Å². The maximum absolute atomic E-state index is 11.3. The zero-order valence-electron chi connectivity index (χ0n) is 8.95. The summed E-state index contributed by atoms with van der Waals surface area (Å²) in [4.78, 5) is 11.3. The summed E-state index contributed by atoms with van der Waals surface area (Å²) in [6.07, 6.45) is 0.862. The third-order valence-corrected chi connectivity index (χ3v) is 1.64. The fraction of sp³-hybridized carbons (Fsp3) is 0.778. The van der Waals surface area contributed by atoms with E-state index in [2.05, 4.69) is 10.5 Å². The number of nitrogens with two attached hydrogens (primary N) is 1. The Bertz CT molecular complexity index is 214. The van der Waals surface area contributed by atoms with Crippen LogP contribution >= 0.6 is 0 Å². The summed E-state index contributed by atoms with van der Waals surface area (Å²) >= 11 is 0. The van der Waals surface area contributed by atoms with Crippen LogP contribution in [0.4, 0.5) is 0 Å². The Morgan fingerprint density at radius 1 is 1.43 bits per heavy atom. The second-order valence-corrected chi connectivity index (χ2v) is 3.86. The van der Waals surface area contributed by atoms with Gasteiger partial charge in [0.25, 0.3) is 0 Å². The molecule has 0 aliphatic heterocycles. The molecule has 0 aliphatic rings. The van der Waals surface area contributed by atoms with Crippen LogP contribution in [0.3, 0.4) is 0 Å². The molecule has 0 bridgehead atoms. The van der Waals surface area contributed by atoms with Gasteiger partial charge in [0.1, 0.15) is 5.84 Å². The SMILES string of the molecule is CC(C)CC(=O)NC(C)CC(N)=NO. The number of nitrogens with one attached hydrogen (secondary N) is 1. The van der Waals surface area contributed by atoms with Gasteiger partial charge < -0.3 is 16.3 Å². The molecule has 0 rings (SSSR count). The quantitative estimate of drug-likeness (QED) is 0.264. The normalized spacial score (nSPS) is 14.1. The lowest BCUT2D eigenvalue weighted by atomic mass is 10.1. The minimum Gasteiger partial charge on any atom is -0.409 e. The van der Waals surface area contributed by atoms with Gasteiger partial charge in [-0.2, -0.15) is 0 Å². The van der Waals surface area contributed by atoms with Crippen molar-refractivity contribution < 1.29 is 10.0 Å². The van der Waals surface area contributed by atoms with Gasteiger partial charge in [-0.05, 0) is 12.8 Å². The molecule has 0 radical (unpaired) electrons. The van der Waals surface area contributed by atoms with Crippen LogP contribution in [-0.2, 0) is 4.79 Å². The van der Waals surface area contributed by atoms with Gasteiger partial charge in [-0.1, -0.05) is 19.0 Å². The first kappa shape index (κ1) is 12.7. The Morgan fingerprint density at radius 2 is 2.00 bits per heavy atom. The van der Waals surface area contributed by atoms with Gasteiger partial charge in [-0.25, -0.2) is 0 Å². The van der Waals surface area contributed by atoms with E-state index in [1.165, 1.54) is 0 Å². The molecule has 1 amide bonds. The molecule has 14 heavy (non-hydrogen) atoms. The van der Waals surface area contributed by atoms with E-state index < -0.39 is 0 Å². The molecule has 0 heterocycles. The molecule has 0 saturated carbocycles. The van der Waals surface area contributed by atoms with Gasteiger partial charge in [0.2, 0.25) is 5.91 Å². The lowest BCUT2D eigenvalue weighted by Crippen LogP contribution is -2.36. The Kier molecular flexibility index (Phi) is 5.67. The second-order valence-electron chi connectivity index (χ2n) is 3.86. The molecule has 0 aromatic heterocycles. The average Bonchev–Trinajstić information content (AvgIpc) is 2.01. The van der Waals surface area contributed by atoms with Crippen molar-refractivity contribution in [3.8, 4) is 0 Å². The molecule has 4 N–H and O–H groups in total. The Labute approximate surface area is 84.4 Å². The second kappa shape index (κ2) is 6.23. The van der Waals surface area contributed by atoms with E-state index in [0.29, 0.717) is 18.8 Å². The lowest BCUT2D eigenvalue weighted by Gasteiger charge is -2.13. The highest BCUT2D eigenvalue weighted by molar-refractivity contribution is 5.81. The first-order valence-electron chi connectivity index (χ1n) is 4.71. The molecule has 1 unspecified atom stereocenters. The van der Waals surface area contributed by atoms with Crippen LogP contribution in [-0.4, -0.2) is 23.0 Å². The maximum Gasteiger partial charge on any atom is 0.220 e. The standard InChI is InChI=1S/C9H19N3O2/c1-6(2)4-9(13)11-7(3)5-8(10)12-14/h6-7,14H,4-5H2,1-3H3,(H2,10,12)(H,11,13). The number of hydrogen-bond acceptors (Lipinski definition) is 3. The number of amides is 1. The minimum atomic E-state index is -0.0999. The van der Waals surface area contributed by atoms with Crippen molar-refractivity contribution in [1.82, 2.24) is 5.32 Å². The topological polar surface area (TPSA) is 87.7 Å². The van der Waals surface area contributed by atoms with Crippen LogP contribution in [0.5, 0.6) is 0 Å². The van der Waals surface area contributed by atoms with E-state index >= 15 is 0 Å². The number of oxime groups is 1. The molecule has 0 spiro atoms. The third kappa shape index (κ3) is 6.28. The van der Waals surface area contributed by atoms with Crippen molar-refractivity contribution in [3.63, 3.8) is 0 Å². The fourth-order valence-electron chi connectivity index (χ4n) is 1.11. The molecule has 0 saturated heterocycles. The van der Waals surface area contributed by atoms with E-state index in [1.807, 2.05) is 20.8 Å². The van der Waals surface area contributed by atoms with Crippen molar-refractivity contribution >= 4 is 11.7 Å². The van der Waals surface area contributed by atoms with Crippen LogP contribution < -0.4 is 11.1 Å². The maximum atomic E-state index is 11.3. The van der Waals surface area contributed by atoms with Crippen molar-refractivity contribution in [1.29, 1.82) is 0 Å². The molecule has 0 aromatic rings. The zero-order chi connectivity index (χ0) is 11.1. The van der Waals surface area contributed by atoms with Crippen LogP contribution in [0, 0.1) is 5.92 Å². The summed E-state index contributed by atoms with van der Waals surface area (Å²) in [6.45, 7) is 5.78. The van der Waals surface area contributed by atoms with Crippen LogP contribution in [0.25, 0.3) is 0 Å². The molecular formula is C9H19N3O2. The Morgan fingerprint density at radius 3 is 2.43 bits per heavy atom. The Balaban J connectivity index is 3.82. The van der Waals surface area contributed by atoms with Gasteiger partial charge in [-0.3, -0.25) is 4.79 Å². The summed E-state index contributed by atoms with van der Waals surface area (Å²) in [5.74, 6) is 0.464. The summed E-state index contributed by atoms with van der Waals surface area (Å²) in [7, 11) is 0. The summed E-state index contributed by atoms with van der Waals surface area (Å²) < 4.78 is 0. The van der Waals surface area contributed by atoms with E-state index in [1.54, 1.807) is 0 Å². The zero-order valence-corrected chi connectivity index (χ0v) is 8.95.